The lowest BCUT2D eigenvalue weighted by atomic mass is 9.41. The van der Waals surface area contributed by atoms with E-state index in [0.717, 1.165) is 5.56 Å². The number of hydrogen-bond acceptors (Lipinski definition) is 7. The summed E-state index contributed by atoms with van der Waals surface area (Å²) in [5.74, 6) is -2.07. The average Bonchev–Trinajstić information content (AvgIpc) is 3.14. The van der Waals surface area contributed by atoms with Crippen molar-refractivity contribution in [2.24, 2.45) is 22.7 Å². The van der Waals surface area contributed by atoms with Crippen LogP contribution in [0.2, 0.25) is 0 Å². The summed E-state index contributed by atoms with van der Waals surface area (Å²) in [6.07, 6.45) is 4.72. The molecule has 27 heavy (non-hydrogen) atoms. The summed E-state index contributed by atoms with van der Waals surface area (Å²) in [7, 11) is 0. The molecule has 4 heterocycles. The van der Waals surface area contributed by atoms with Crippen LogP contribution in [0.3, 0.4) is 0 Å². The van der Waals surface area contributed by atoms with Crippen molar-refractivity contribution in [1.29, 1.82) is 0 Å². The third kappa shape index (κ3) is 1.84. The highest BCUT2D eigenvalue weighted by molar-refractivity contribution is 5.86. The first-order valence-electron chi connectivity index (χ1n) is 9.25. The van der Waals surface area contributed by atoms with Crippen LogP contribution in [0.15, 0.2) is 35.2 Å². The summed E-state index contributed by atoms with van der Waals surface area (Å²) in [6, 6.07) is 1.76. The van der Waals surface area contributed by atoms with Crippen molar-refractivity contribution >= 4 is 11.9 Å². The third-order valence-corrected chi connectivity index (χ3v) is 7.62. The summed E-state index contributed by atoms with van der Waals surface area (Å²) in [6.45, 7) is 3.71. The molecule has 1 aromatic heterocycles. The van der Waals surface area contributed by atoms with Gasteiger partial charge < -0.3 is 24.1 Å². The zero-order valence-electron chi connectivity index (χ0n) is 15.1. The summed E-state index contributed by atoms with van der Waals surface area (Å²) in [5, 5.41) is 22.1. The Hall–Kier alpha value is -2.12. The van der Waals surface area contributed by atoms with E-state index in [1.807, 2.05) is 6.92 Å². The maximum atomic E-state index is 12.9. The molecule has 0 radical (unpaired) electrons. The van der Waals surface area contributed by atoms with Gasteiger partial charge >= 0.3 is 11.9 Å². The smallest absolute Gasteiger partial charge is 0.343 e. The molecular formula is C20H22O7. The largest absolute Gasteiger partial charge is 0.472 e. The van der Waals surface area contributed by atoms with Gasteiger partial charge in [0.15, 0.2) is 5.60 Å². The van der Waals surface area contributed by atoms with Gasteiger partial charge in [-0.05, 0) is 36.5 Å². The molecule has 2 saturated heterocycles. The van der Waals surface area contributed by atoms with E-state index in [0.29, 0.717) is 6.42 Å². The highest BCUT2D eigenvalue weighted by Gasteiger charge is 2.75. The molecule has 2 N–H and O–H groups in total. The Morgan fingerprint density at radius 2 is 2.00 bits per heavy atom. The first kappa shape index (κ1) is 17.0. The van der Waals surface area contributed by atoms with Gasteiger partial charge in [0.1, 0.15) is 12.2 Å². The highest BCUT2D eigenvalue weighted by Crippen LogP contribution is 2.67. The normalized spacial score (nSPS) is 50.6. The van der Waals surface area contributed by atoms with Crippen molar-refractivity contribution in [3.8, 4) is 0 Å². The molecule has 1 aromatic rings. The van der Waals surface area contributed by atoms with Gasteiger partial charge in [-0.25, -0.2) is 4.79 Å². The molecule has 1 saturated carbocycles. The van der Waals surface area contributed by atoms with E-state index in [1.165, 1.54) is 12.3 Å². The van der Waals surface area contributed by atoms with E-state index in [2.05, 4.69) is 0 Å². The summed E-state index contributed by atoms with van der Waals surface area (Å²) in [4.78, 5) is 25.3. The van der Waals surface area contributed by atoms with Crippen molar-refractivity contribution in [2.45, 2.75) is 50.6 Å². The van der Waals surface area contributed by atoms with Gasteiger partial charge in [-0.15, -0.1) is 0 Å². The van der Waals surface area contributed by atoms with Gasteiger partial charge in [0.2, 0.25) is 0 Å². The number of rotatable bonds is 1. The van der Waals surface area contributed by atoms with Crippen LogP contribution in [0.5, 0.6) is 0 Å². The van der Waals surface area contributed by atoms with E-state index in [1.54, 1.807) is 25.3 Å². The van der Waals surface area contributed by atoms with Gasteiger partial charge in [-0.1, -0.05) is 13.8 Å². The molecule has 2 bridgehead atoms. The van der Waals surface area contributed by atoms with Gasteiger partial charge in [0, 0.05) is 16.9 Å². The van der Waals surface area contributed by atoms with Crippen LogP contribution in [0.25, 0.3) is 0 Å². The average molecular weight is 374 g/mol. The molecule has 8 atom stereocenters. The Bertz CT molecular complexity index is 845. The van der Waals surface area contributed by atoms with Crippen molar-refractivity contribution in [1.82, 2.24) is 0 Å². The van der Waals surface area contributed by atoms with Gasteiger partial charge in [0.05, 0.1) is 24.5 Å². The maximum Gasteiger partial charge on any atom is 0.343 e. The Balaban J connectivity index is 1.64. The summed E-state index contributed by atoms with van der Waals surface area (Å²) < 4.78 is 16.3. The number of carbonyl (C=O) groups is 2. The second-order valence-corrected chi connectivity index (χ2v) is 8.75. The Labute approximate surface area is 155 Å². The Morgan fingerprint density at radius 3 is 2.67 bits per heavy atom. The second-order valence-electron chi connectivity index (χ2n) is 8.75. The number of aliphatic hydroxyl groups excluding tert-OH is 1. The summed E-state index contributed by atoms with van der Waals surface area (Å²) >= 11 is 0. The molecule has 7 heteroatoms. The third-order valence-electron chi connectivity index (χ3n) is 7.62. The van der Waals surface area contributed by atoms with Crippen molar-refractivity contribution < 1.29 is 33.7 Å². The van der Waals surface area contributed by atoms with Crippen LogP contribution in [-0.2, 0) is 19.1 Å². The molecule has 6 rings (SSSR count). The molecule has 5 aliphatic rings. The highest BCUT2D eigenvalue weighted by atomic mass is 16.6. The number of carbonyl (C=O) groups excluding carboxylic acids is 2. The maximum absolute atomic E-state index is 12.9. The van der Waals surface area contributed by atoms with E-state index < -0.39 is 52.5 Å². The van der Waals surface area contributed by atoms with Crippen molar-refractivity contribution in [3.05, 3.63) is 36.3 Å². The second kappa shape index (κ2) is 5.02. The molecule has 0 aromatic carbocycles. The number of furan rings is 1. The van der Waals surface area contributed by atoms with Crippen LogP contribution >= 0.6 is 0 Å². The number of aliphatic hydroxyl groups is 2. The number of ether oxygens (including phenoxy) is 2. The quantitative estimate of drug-likeness (QED) is 0.567. The van der Waals surface area contributed by atoms with Crippen LogP contribution in [-0.4, -0.2) is 40.0 Å². The zero-order chi connectivity index (χ0) is 19.2. The van der Waals surface area contributed by atoms with E-state index in [9.17, 15) is 19.8 Å². The number of hydrogen-bond donors (Lipinski definition) is 2. The summed E-state index contributed by atoms with van der Waals surface area (Å²) in [5.41, 5.74) is -2.92. The Morgan fingerprint density at radius 1 is 1.22 bits per heavy atom. The van der Waals surface area contributed by atoms with Crippen LogP contribution in [0.1, 0.15) is 38.4 Å². The molecule has 7 nitrogen and oxygen atoms in total. The fourth-order valence-electron chi connectivity index (χ4n) is 6.13. The molecule has 0 unspecified atom stereocenters. The van der Waals surface area contributed by atoms with Gasteiger partial charge in [-0.2, -0.15) is 0 Å². The predicted octanol–water partition coefficient (Wildman–Crippen LogP) is 1.50. The predicted molar refractivity (Wildman–Crippen MR) is 89.9 cm³/mol. The van der Waals surface area contributed by atoms with Crippen LogP contribution in [0.4, 0.5) is 0 Å². The molecular weight excluding hydrogens is 352 g/mol. The topological polar surface area (TPSA) is 106 Å². The van der Waals surface area contributed by atoms with Crippen molar-refractivity contribution in [3.63, 3.8) is 0 Å². The van der Waals surface area contributed by atoms with Crippen LogP contribution in [0, 0.1) is 22.7 Å². The Kier molecular flexibility index (Phi) is 3.17. The standard InChI is InChI=1S/C20H22O7/c1-18-8-13(10-4-6-25-9-10)26-16(22)11(18)7-14(21)19(2)15(18)12-3-5-20(19,24)17(23)27-12/h3-6,9,11-15,21,24H,7-8H2,1-2H3/t11-,12+,13-,14-,15-,18+,19+,20-/m0/s1. The number of esters is 2. The molecule has 144 valence electrons. The molecule has 0 amide bonds. The SMILES string of the molecule is C[C@@]12C[C@@H](c3ccoc3)OC(=O)[C@@H]1C[C@H](O)[C@]1(C)[C@H]2[C@H]2C=C[C@]1(O)C(=O)O2. The number of cyclic esters (lactones) is 1. The molecule has 3 fully saturated rings. The van der Waals surface area contributed by atoms with Gasteiger partial charge in [-0.3, -0.25) is 4.79 Å². The fourth-order valence-corrected chi connectivity index (χ4v) is 6.13. The molecule has 2 aliphatic carbocycles. The zero-order valence-corrected chi connectivity index (χ0v) is 15.1. The molecule has 3 aliphatic heterocycles. The minimum absolute atomic E-state index is 0.136. The van der Waals surface area contributed by atoms with E-state index >= 15 is 0 Å². The minimum Gasteiger partial charge on any atom is -0.472 e. The molecule has 0 spiro atoms. The van der Waals surface area contributed by atoms with E-state index in [-0.39, 0.29) is 12.4 Å². The lowest BCUT2D eigenvalue weighted by Gasteiger charge is -2.67. The lowest BCUT2D eigenvalue weighted by molar-refractivity contribution is -0.284. The fraction of sp³-hybridized carbons (Fsp3) is 0.600. The number of fused-ring (bicyclic) bond motifs is 2. The van der Waals surface area contributed by atoms with Crippen LogP contribution < -0.4 is 0 Å². The lowest BCUT2D eigenvalue weighted by Crippen LogP contribution is -2.76. The first-order valence-corrected chi connectivity index (χ1v) is 9.25. The van der Waals surface area contributed by atoms with Crippen molar-refractivity contribution in [2.75, 3.05) is 0 Å². The van der Waals surface area contributed by atoms with E-state index in [4.69, 9.17) is 13.9 Å². The van der Waals surface area contributed by atoms with Gasteiger partial charge in [0.25, 0.3) is 0 Å². The monoisotopic (exact) mass is 374 g/mol. The minimum atomic E-state index is -1.91. The first-order chi connectivity index (χ1) is 12.7.